The minimum absolute atomic E-state index is 0.0469. The van der Waals surface area contributed by atoms with Gasteiger partial charge in [0.2, 0.25) is 5.72 Å². The quantitative estimate of drug-likeness (QED) is 0.820. The fourth-order valence-corrected chi connectivity index (χ4v) is 3.80. The summed E-state index contributed by atoms with van der Waals surface area (Å²) in [6.07, 6.45) is 0.319. The van der Waals surface area contributed by atoms with Gasteiger partial charge in [-0.25, -0.2) is 4.79 Å². The third kappa shape index (κ3) is 3.50. The van der Waals surface area contributed by atoms with Crippen molar-refractivity contribution in [2.24, 2.45) is 0 Å². The number of amides is 1. The first kappa shape index (κ1) is 17.8. The highest BCUT2D eigenvalue weighted by Gasteiger charge is 2.59. The number of para-hydroxylation sites is 1. The van der Waals surface area contributed by atoms with Gasteiger partial charge in [0.05, 0.1) is 12.6 Å². The molecular weight excluding hydrogens is 344 g/mol. The summed E-state index contributed by atoms with van der Waals surface area (Å²) < 4.78 is 11.2. The highest BCUT2D eigenvalue weighted by Crippen LogP contribution is 2.37. The molecular formula is C21H24N2O4. The van der Waals surface area contributed by atoms with E-state index < -0.39 is 17.9 Å². The van der Waals surface area contributed by atoms with Crippen LogP contribution in [0.3, 0.4) is 0 Å². The lowest BCUT2D eigenvalue weighted by Gasteiger charge is -2.34. The summed E-state index contributed by atoms with van der Waals surface area (Å²) in [5.74, 6) is 0. The Labute approximate surface area is 158 Å². The van der Waals surface area contributed by atoms with Crippen LogP contribution in [-0.2, 0) is 15.9 Å². The Morgan fingerprint density at radius 2 is 1.81 bits per heavy atom. The smallest absolute Gasteiger partial charge is 0.412 e. The van der Waals surface area contributed by atoms with E-state index in [1.807, 2.05) is 48.5 Å². The molecule has 2 aliphatic rings. The number of anilines is 1. The average molecular weight is 368 g/mol. The first-order valence-corrected chi connectivity index (χ1v) is 9.31. The van der Waals surface area contributed by atoms with Crippen LogP contribution in [0.15, 0.2) is 60.7 Å². The molecule has 6 nitrogen and oxygen atoms in total. The normalized spacial score (nSPS) is 27.1. The Bertz CT molecular complexity index is 770. The highest BCUT2D eigenvalue weighted by atomic mass is 16.6. The molecule has 0 radical (unpaired) electrons. The number of aryl methyl sites for hydroxylation is 1. The molecule has 2 N–H and O–H groups in total. The summed E-state index contributed by atoms with van der Waals surface area (Å²) in [7, 11) is 0. The van der Waals surface area contributed by atoms with Gasteiger partial charge in [-0.3, -0.25) is 4.90 Å². The number of rotatable bonds is 6. The minimum atomic E-state index is -1.11. The first-order valence-electron chi connectivity index (χ1n) is 9.31. The van der Waals surface area contributed by atoms with E-state index in [4.69, 9.17) is 9.47 Å². The lowest BCUT2D eigenvalue weighted by Crippen LogP contribution is -2.57. The van der Waals surface area contributed by atoms with E-state index in [-0.39, 0.29) is 12.6 Å². The van der Waals surface area contributed by atoms with E-state index >= 15 is 0 Å². The van der Waals surface area contributed by atoms with Crippen LogP contribution in [0.1, 0.15) is 12.0 Å². The second-order valence-electron chi connectivity index (χ2n) is 7.01. The molecule has 1 amide bonds. The molecule has 0 aromatic heterocycles. The summed E-state index contributed by atoms with van der Waals surface area (Å²) in [5.41, 5.74) is 1.01. The Morgan fingerprint density at radius 3 is 2.56 bits per heavy atom. The fourth-order valence-electron chi connectivity index (χ4n) is 3.80. The summed E-state index contributed by atoms with van der Waals surface area (Å²) in [6.45, 7) is 0.829. The number of aliphatic hydroxyl groups excluding tert-OH is 1. The van der Waals surface area contributed by atoms with Crippen molar-refractivity contribution >= 4 is 11.8 Å². The van der Waals surface area contributed by atoms with E-state index in [1.165, 1.54) is 5.56 Å². The van der Waals surface area contributed by atoms with Crippen LogP contribution in [0.4, 0.5) is 10.5 Å². The van der Waals surface area contributed by atoms with Crippen molar-refractivity contribution in [3.63, 3.8) is 0 Å². The van der Waals surface area contributed by atoms with Gasteiger partial charge in [0.15, 0.2) is 0 Å². The number of carbonyl (C=O) groups is 1. The number of benzene rings is 2. The van der Waals surface area contributed by atoms with Gasteiger partial charge >= 0.3 is 6.09 Å². The summed E-state index contributed by atoms with van der Waals surface area (Å²) in [5, 5.41) is 14.2. The zero-order valence-corrected chi connectivity index (χ0v) is 15.1. The number of ether oxygens (including phenoxy) is 2. The van der Waals surface area contributed by atoms with Crippen LogP contribution in [0, 0.1) is 0 Å². The standard InChI is InChI=1S/C21H24N2O4/c24-19-18(22-17-11-5-2-6-12-17)14-27-21(19)15-26-20(25)23(21)13-7-10-16-8-3-1-4-9-16/h1-6,8-9,11-12,18-19,22,24H,7,10,13-15H2/t18-,19+,21-/m0/s1. The SMILES string of the molecule is O=C1OC[C@@]2(OC[C@H](Nc3ccccc3)[C@H]2O)N1CCCc1ccccc1. The van der Waals surface area contributed by atoms with Gasteiger partial charge < -0.3 is 19.9 Å². The minimum Gasteiger partial charge on any atom is -0.444 e. The first-order chi connectivity index (χ1) is 13.2. The second-order valence-corrected chi connectivity index (χ2v) is 7.01. The number of nitrogens with one attached hydrogen (secondary N) is 1. The largest absolute Gasteiger partial charge is 0.444 e. The molecule has 27 heavy (non-hydrogen) atoms. The van der Waals surface area contributed by atoms with Crippen molar-refractivity contribution in [2.75, 3.05) is 25.1 Å². The van der Waals surface area contributed by atoms with Gasteiger partial charge in [-0.05, 0) is 30.5 Å². The van der Waals surface area contributed by atoms with Crippen LogP contribution in [0.25, 0.3) is 0 Å². The maximum absolute atomic E-state index is 12.3. The zero-order valence-electron chi connectivity index (χ0n) is 15.1. The van der Waals surface area contributed by atoms with Crippen LogP contribution < -0.4 is 5.32 Å². The van der Waals surface area contributed by atoms with Gasteiger partial charge in [-0.1, -0.05) is 48.5 Å². The molecule has 2 aliphatic heterocycles. The molecule has 1 spiro atoms. The molecule has 3 atom stereocenters. The maximum atomic E-state index is 12.3. The van der Waals surface area contributed by atoms with Crippen LogP contribution in [0.2, 0.25) is 0 Å². The lowest BCUT2D eigenvalue weighted by atomic mass is 10.0. The summed E-state index contributed by atoms with van der Waals surface area (Å²) in [4.78, 5) is 13.8. The van der Waals surface area contributed by atoms with E-state index in [2.05, 4.69) is 17.4 Å². The molecule has 6 heteroatoms. The van der Waals surface area contributed by atoms with Gasteiger partial charge in [-0.15, -0.1) is 0 Å². The van der Waals surface area contributed by atoms with E-state index in [1.54, 1.807) is 4.90 Å². The predicted octanol–water partition coefficient (Wildman–Crippen LogP) is 2.64. The van der Waals surface area contributed by atoms with Crippen molar-refractivity contribution < 1.29 is 19.4 Å². The maximum Gasteiger partial charge on any atom is 0.412 e. The molecule has 2 fully saturated rings. The third-order valence-corrected chi connectivity index (χ3v) is 5.25. The molecule has 2 aromatic carbocycles. The monoisotopic (exact) mass is 368 g/mol. The Morgan fingerprint density at radius 1 is 1.11 bits per heavy atom. The van der Waals surface area contributed by atoms with Crippen molar-refractivity contribution in [1.29, 1.82) is 0 Å². The van der Waals surface area contributed by atoms with Gasteiger partial charge in [0.1, 0.15) is 12.7 Å². The van der Waals surface area contributed by atoms with Crippen molar-refractivity contribution in [3.05, 3.63) is 66.2 Å². The number of cyclic esters (lactones) is 1. The summed E-state index contributed by atoms with van der Waals surface area (Å²) in [6, 6.07) is 19.5. The molecule has 0 bridgehead atoms. The Hall–Kier alpha value is -2.57. The van der Waals surface area contributed by atoms with Crippen LogP contribution >= 0.6 is 0 Å². The Balaban J connectivity index is 1.42. The zero-order chi connectivity index (χ0) is 18.7. The number of nitrogens with zero attached hydrogens (tertiary/aromatic N) is 1. The van der Waals surface area contributed by atoms with Gasteiger partial charge in [-0.2, -0.15) is 0 Å². The van der Waals surface area contributed by atoms with Crippen LogP contribution in [0.5, 0.6) is 0 Å². The molecule has 4 rings (SSSR count). The van der Waals surface area contributed by atoms with E-state index in [0.717, 1.165) is 18.5 Å². The van der Waals surface area contributed by atoms with Gasteiger partial charge in [0.25, 0.3) is 0 Å². The van der Waals surface area contributed by atoms with Crippen molar-refractivity contribution in [3.8, 4) is 0 Å². The van der Waals surface area contributed by atoms with Crippen molar-refractivity contribution in [2.45, 2.75) is 30.7 Å². The predicted molar refractivity (Wildman–Crippen MR) is 101 cm³/mol. The van der Waals surface area contributed by atoms with E-state index in [0.29, 0.717) is 13.2 Å². The number of hydrogen-bond acceptors (Lipinski definition) is 5. The number of aliphatic hydroxyl groups is 1. The number of carbonyl (C=O) groups excluding carboxylic acids is 1. The van der Waals surface area contributed by atoms with E-state index in [9.17, 15) is 9.90 Å². The molecule has 142 valence electrons. The molecule has 0 aliphatic carbocycles. The molecule has 2 aromatic rings. The topological polar surface area (TPSA) is 71.0 Å². The highest BCUT2D eigenvalue weighted by molar-refractivity contribution is 5.71. The molecule has 0 unspecified atom stereocenters. The Kier molecular flexibility index (Phi) is 5.01. The molecule has 0 saturated carbocycles. The third-order valence-electron chi connectivity index (χ3n) is 5.25. The lowest BCUT2D eigenvalue weighted by molar-refractivity contribution is -0.132. The van der Waals surface area contributed by atoms with Crippen LogP contribution in [-0.4, -0.2) is 53.7 Å². The number of hydrogen-bond donors (Lipinski definition) is 2. The molecule has 2 heterocycles. The summed E-state index contributed by atoms with van der Waals surface area (Å²) >= 11 is 0. The average Bonchev–Trinajstić information content (AvgIpc) is 3.19. The molecule has 2 saturated heterocycles. The van der Waals surface area contributed by atoms with Gasteiger partial charge in [0, 0.05) is 12.2 Å². The fraction of sp³-hybridized carbons (Fsp3) is 0.381. The second kappa shape index (κ2) is 7.58. The van der Waals surface area contributed by atoms with Crippen molar-refractivity contribution in [1.82, 2.24) is 4.90 Å².